The van der Waals surface area contributed by atoms with E-state index >= 15 is 0 Å². The van der Waals surface area contributed by atoms with Crippen molar-refractivity contribution in [3.63, 3.8) is 0 Å². The molecule has 0 atom stereocenters. The van der Waals surface area contributed by atoms with E-state index in [0.29, 0.717) is 5.69 Å². The zero-order valence-electron chi connectivity index (χ0n) is 23.0. The maximum atomic E-state index is 11.7. The van der Waals surface area contributed by atoms with Crippen LogP contribution in [0.15, 0.2) is 79.0 Å². The second-order valence-corrected chi connectivity index (χ2v) is 11.2. The Morgan fingerprint density at radius 1 is 0.875 bits per heavy atom. The number of nitrogens with zero attached hydrogens (tertiary/aromatic N) is 4. The average Bonchev–Trinajstić information content (AvgIpc) is 3.52. The van der Waals surface area contributed by atoms with E-state index in [0.717, 1.165) is 55.7 Å². The number of rotatable bonds is 4. The first-order valence-corrected chi connectivity index (χ1v) is 13.0. The van der Waals surface area contributed by atoms with Gasteiger partial charge >= 0.3 is 5.97 Å². The molecule has 3 aromatic carbocycles. The van der Waals surface area contributed by atoms with Crippen molar-refractivity contribution in [2.75, 3.05) is 0 Å². The van der Waals surface area contributed by atoms with E-state index in [1.54, 1.807) is 6.07 Å². The van der Waals surface area contributed by atoms with Crippen LogP contribution in [0, 0.1) is 13.8 Å². The molecule has 3 aromatic heterocycles. The van der Waals surface area contributed by atoms with Crippen molar-refractivity contribution in [1.82, 2.24) is 19.5 Å². The van der Waals surface area contributed by atoms with Gasteiger partial charge in [0, 0.05) is 37.9 Å². The van der Waals surface area contributed by atoms with Crippen molar-refractivity contribution in [3.05, 3.63) is 101 Å². The van der Waals surface area contributed by atoms with Gasteiger partial charge in [-0.3, -0.25) is 4.57 Å². The van der Waals surface area contributed by atoms with Gasteiger partial charge in [-0.15, -0.1) is 5.52 Å². The predicted octanol–water partition coefficient (Wildman–Crippen LogP) is 7.47. The molecule has 6 aromatic rings. The number of fused-ring (bicyclic) bond motifs is 2. The third kappa shape index (κ3) is 4.77. The van der Waals surface area contributed by atoms with Gasteiger partial charge in [-0.2, -0.15) is 6.20 Å². The summed E-state index contributed by atoms with van der Waals surface area (Å²) in [6.45, 7) is 10.8. The largest absolute Gasteiger partial charge is 0.663 e. The number of carboxylic acid groups (broad SMARTS) is 1. The van der Waals surface area contributed by atoms with Crippen molar-refractivity contribution < 1.29 is 31.0 Å². The van der Waals surface area contributed by atoms with E-state index in [2.05, 4.69) is 80.6 Å². The number of benzene rings is 3. The SMILES string of the molecule is Cc1cc(C)cc(-n2c(-c3cc(C(C)(C)C)cc4cc[n-]c34)nc3c(-c4cccc(C(=O)O)n4)cccc32)c1.[Pt]. The van der Waals surface area contributed by atoms with E-state index in [4.69, 9.17) is 9.97 Å². The van der Waals surface area contributed by atoms with Gasteiger partial charge in [0.25, 0.3) is 0 Å². The van der Waals surface area contributed by atoms with Crippen molar-refractivity contribution in [2.45, 2.75) is 40.0 Å². The molecule has 0 amide bonds. The molecular weight excluding hydrogens is 679 g/mol. The summed E-state index contributed by atoms with van der Waals surface area (Å²) >= 11 is 0. The van der Waals surface area contributed by atoms with E-state index in [1.165, 1.54) is 11.6 Å². The first-order chi connectivity index (χ1) is 18.6. The van der Waals surface area contributed by atoms with Crippen molar-refractivity contribution in [2.24, 2.45) is 0 Å². The molecule has 0 aliphatic heterocycles. The van der Waals surface area contributed by atoms with Crippen molar-refractivity contribution >= 4 is 27.9 Å². The molecule has 3 heterocycles. The number of carboxylic acids is 1. The molecule has 0 radical (unpaired) electrons. The van der Waals surface area contributed by atoms with Gasteiger partial charge < -0.3 is 10.1 Å². The Balaban J connectivity index is 0.00000323. The van der Waals surface area contributed by atoms with Crippen LogP contribution in [0.1, 0.15) is 48.0 Å². The van der Waals surface area contributed by atoms with E-state index in [-0.39, 0.29) is 32.2 Å². The summed E-state index contributed by atoms with van der Waals surface area (Å²) in [5, 5.41) is 10.6. The fourth-order valence-electron chi connectivity index (χ4n) is 5.26. The molecule has 0 bridgehead atoms. The van der Waals surface area contributed by atoms with Gasteiger partial charge in [0.2, 0.25) is 0 Å². The van der Waals surface area contributed by atoms with E-state index in [9.17, 15) is 9.90 Å². The third-order valence-corrected chi connectivity index (χ3v) is 7.10. The number of para-hydroxylation sites is 1. The Labute approximate surface area is 247 Å². The van der Waals surface area contributed by atoms with Crippen molar-refractivity contribution in [1.29, 1.82) is 0 Å². The zero-order valence-corrected chi connectivity index (χ0v) is 25.2. The zero-order chi connectivity index (χ0) is 27.5. The summed E-state index contributed by atoms with van der Waals surface area (Å²) in [5.41, 5.74) is 9.32. The fraction of sp³-hybridized carbons (Fsp3) is 0.182. The van der Waals surface area contributed by atoms with Crippen LogP contribution in [-0.2, 0) is 26.5 Å². The van der Waals surface area contributed by atoms with Crippen LogP contribution in [0.4, 0.5) is 0 Å². The molecule has 1 N–H and O–H groups in total. The Bertz CT molecular complexity index is 1890. The quantitative estimate of drug-likeness (QED) is 0.206. The third-order valence-electron chi connectivity index (χ3n) is 7.10. The molecule has 7 heteroatoms. The Kier molecular flexibility index (Phi) is 7.01. The molecule has 6 rings (SSSR count). The number of aryl methyl sites for hydroxylation is 2. The van der Waals surface area contributed by atoms with Crippen LogP contribution in [0.5, 0.6) is 0 Å². The second-order valence-electron chi connectivity index (χ2n) is 11.2. The summed E-state index contributed by atoms with van der Waals surface area (Å²) in [6, 6.07) is 24.0. The topological polar surface area (TPSA) is 82.1 Å². The number of imidazole rings is 1. The molecule has 40 heavy (non-hydrogen) atoms. The monoisotopic (exact) mass is 708 g/mol. The molecule has 0 spiro atoms. The minimum atomic E-state index is -1.06. The maximum Gasteiger partial charge on any atom is 0.354 e. The minimum absolute atomic E-state index is 0. The number of hydrogen-bond donors (Lipinski definition) is 1. The molecule has 0 unspecified atom stereocenters. The molecule has 204 valence electrons. The van der Waals surface area contributed by atoms with Crippen LogP contribution < -0.4 is 4.98 Å². The molecule has 0 aliphatic carbocycles. The Morgan fingerprint density at radius 2 is 1.60 bits per heavy atom. The molecule has 0 fully saturated rings. The van der Waals surface area contributed by atoms with E-state index in [1.807, 2.05) is 30.5 Å². The van der Waals surface area contributed by atoms with Crippen molar-refractivity contribution in [3.8, 4) is 28.3 Å². The summed E-state index contributed by atoms with van der Waals surface area (Å²) in [4.78, 5) is 26.1. The number of hydrogen-bond acceptors (Lipinski definition) is 3. The van der Waals surface area contributed by atoms with Gasteiger partial charge in [0.1, 0.15) is 11.5 Å². The average molecular weight is 709 g/mol. The molecule has 0 saturated heterocycles. The normalized spacial score (nSPS) is 11.6. The number of aromatic nitrogens is 4. The Hall–Kier alpha value is -4.02. The second kappa shape index (κ2) is 10.2. The predicted molar refractivity (Wildman–Crippen MR) is 156 cm³/mol. The summed E-state index contributed by atoms with van der Waals surface area (Å²) in [6.07, 6.45) is 1.84. The van der Waals surface area contributed by atoms with Crippen LogP contribution in [0.25, 0.3) is 50.3 Å². The van der Waals surface area contributed by atoms with Crippen LogP contribution in [0.2, 0.25) is 0 Å². The van der Waals surface area contributed by atoms with Gasteiger partial charge in [0.05, 0.1) is 16.7 Å². The number of pyridine rings is 1. The Morgan fingerprint density at radius 3 is 2.30 bits per heavy atom. The van der Waals surface area contributed by atoms with Gasteiger partial charge in [-0.05, 0) is 77.7 Å². The van der Waals surface area contributed by atoms with Gasteiger partial charge in [-0.25, -0.2) is 14.8 Å². The standard InChI is InChI=1S/C33H30N4O2.Pt/c1-19-14-20(2)16-23(15-19)37-28-11-6-8-24(26-9-7-10-27(35-26)32(38)39)30(28)36-31(37)25-18-22(33(3,4)5)17-21-12-13-34-29(21)25;/h6-18H,1-5H3,(H2,34,35,36,38,39);/p-1. The van der Waals surface area contributed by atoms with Crippen LogP contribution in [-0.4, -0.2) is 25.6 Å². The van der Waals surface area contributed by atoms with Crippen LogP contribution >= 0.6 is 0 Å². The molecular formula is C33H29N4O2Pt-. The molecule has 6 nitrogen and oxygen atoms in total. The number of carbonyl (C=O) groups is 1. The smallest absolute Gasteiger partial charge is 0.354 e. The summed E-state index contributed by atoms with van der Waals surface area (Å²) in [5.74, 6) is -0.277. The first kappa shape index (κ1) is 27.5. The first-order valence-electron chi connectivity index (χ1n) is 13.0. The summed E-state index contributed by atoms with van der Waals surface area (Å²) < 4.78 is 2.19. The van der Waals surface area contributed by atoms with E-state index < -0.39 is 5.97 Å². The number of aromatic carboxylic acids is 1. The van der Waals surface area contributed by atoms with Gasteiger partial charge in [0.15, 0.2) is 0 Å². The van der Waals surface area contributed by atoms with Crippen LogP contribution in [0.3, 0.4) is 0 Å². The maximum absolute atomic E-state index is 11.7. The summed E-state index contributed by atoms with van der Waals surface area (Å²) in [7, 11) is 0. The fourth-order valence-corrected chi connectivity index (χ4v) is 5.26. The molecule has 0 aliphatic rings. The minimum Gasteiger partial charge on any atom is -0.663 e. The van der Waals surface area contributed by atoms with Gasteiger partial charge in [-0.1, -0.05) is 57.2 Å². The molecule has 0 saturated carbocycles.